The van der Waals surface area contributed by atoms with Crippen LogP contribution in [0.1, 0.15) is 37.1 Å². The largest absolute Gasteiger partial charge is 0.307 e. The van der Waals surface area contributed by atoms with Crippen LogP contribution in [0.15, 0.2) is 11.7 Å². The molecule has 1 aromatic rings. The van der Waals surface area contributed by atoms with Crippen LogP contribution in [0.25, 0.3) is 0 Å². The average Bonchev–Trinajstić information content (AvgIpc) is 2.47. The van der Waals surface area contributed by atoms with Gasteiger partial charge in [-0.2, -0.15) is 0 Å². The van der Waals surface area contributed by atoms with Gasteiger partial charge in [-0.3, -0.25) is 4.98 Å². The fourth-order valence-electron chi connectivity index (χ4n) is 1.45. The Bertz CT molecular complexity index is 229. The first kappa shape index (κ1) is 8.20. The van der Waals surface area contributed by atoms with Crippen molar-refractivity contribution in [2.24, 2.45) is 0 Å². The zero-order valence-corrected chi connectivity index (χ0v) is 8.10. The minimum atomic E-state index is 0.489. The van der Waals surface area contributed by atoms with Crippen molar-refractivity contribution in [3.63, 3.8) is 0 Å². The maximum absolute atomic E-state index is 4.07. The summed E-state index contributed by atoms with van der Waals surface area (Å²) in [6.45, 7) is 2.21. The maximum atomic E-state index is 4.07. The van der Waals surface area contributed by atoms with E-state index < -0.39 is 0 Å². The summed E-state index contributed by atoms with van der Waals surface area (Å²) in [5, 5.41) is 3.59. The van der Waals surface area contributed by atoms with Crippen molar-refractivity contribution < 1.29 is 0 Å². The van der Waals surface area contributed by atoms with Crippen molar-refractivity contribution in [1.29, 1.82) is 0 Å². The number of nitrogens with zero attached hydrogens (tertiary/aromatic N) is 1. The molecule has 3 heteroatoms. The maximum Gasteiger partial charge on any atom is 0.0794 e. The summed E-state index contributed by atoms with van der Waals surface area (Å²) in [4.78, 5) is 5.42. The number of nitrogens with one attached hydrogen (secondary N) is 1. The van der Waals surface area contributed by atoms with Crippen LogP contribution in [0.5, 0.6) is 0 Å². The highest BCUT2D eigenvalue weighted by molar-refractivity contribution is 7.09. The molecule has 1 heterocycles. The van der Waals surface area contributed by atoms with Crippen LogP contribution < -0.4 is 5.32 Å². The smallest absolute Gasteiger partial charge is 0.0794 e. The predicted molar refractivity (Wildman–Crippen MR) is 51.3 cm³/mol. The molecule has 1 aliphatic rings. The molecule has 1 unspecified atom stereocenters. The van der Waals surface area contributed by atoms with E-state index in [0.29, 0.717) is 6.04 Å². The van der Waals surface area contributed by atoms with Crippen molar-refractivity contribution >= 4 is 11.3 Å². The standard InChI is InChI=1S/C9H14N2S/c1-7(9-5-10-6-12-9)11-8-3-2-4-8/h5-8,11H,2-4H2,1H3. The van der Waals surface area contributed by atoms with Crippen LogP contribution in [0.3, 0.4) is 0 Å². The highest BCUT2D eigenvalue weighted by atomic mass is 32.1. The van der Waals surface area contributed by atoms with Gasteiger partial charge in [0.05, 0.1) is 5.51 Å². The van der Waals surface area contributed by atoms with Gasteiger partial charge < -0.3 is 5.32 Å². The normalized spacial score (nSPS) is 20.4. The third-order valence-electron chi connectivity index (χ3n) is 2.47. The summed E-state index contributed by atoms with van der Waals surface area (Å²) in [7, 11) is 0. The molecule has 0 aromatic carbocycles. The van der Waals surface area contributed by atoms with Crippen LogP contribution in [0.4, 0.5) is 0 Å². The van der Waals surface area contributed by atoms with E-state index in [1.165, 1.54) is 24.1 Å². The highest BCUT2D eigenvalue weighted by Gasteiger charge is 2.19. The Kier molecular flexibility index (Phi) is 2.42. The average molecular weight is 182 g/mol. The molecule has 12 heavy (non-hydrogen) atoms. The lowest BCUT2D eigenvalue weighted by atomic mass is 9.92. The van der Waals surface area contributed by atoms with E-state index >= 15 is 0 Å². The third-order valence-corrected chi connectivity index (χ3v) is 3.43. The van der Waals surface area contributed by atoms with Crippen molar-refractivity contribution in [1.82, 2.24) is 10.3 Å². The second-order valence-electron chi connectivity index (χ2n) is 3.42. The lowest BCUT2D eigenvalue weighted by molar-refractivity contribution is 0.314. The fourth-order valence-corrected chi connectivity index (χ4v) is 2.09. The Labute approximate surface area is 77.0 Å². The topological polar surface area (TPSA) is 24.9 Å². The number of hydrogen-bond acceptors (Lipinski definition) is 3. The number of rotatable bonds is 3. The lowest BCUT2D eigenvalue weighted by Crippen LogP contribution is -2.36. The van der Waals surface area contributed by atoms with Crippen molar-refractivity contribution in [3.05, 3.63) is 16.6 Å². The molecule has 0 aliphatic heterocycles. The molecule has 0 bridgehead atoms. The molecule has 66 valence electrons. The molecule has 2 rings (SSSR count). The molecule has 1 atom stereocenters. The minimum absolute atomic E-state index is 0.489. The molecular formula is C9H14N2S. The predicted octanol–water partition coefficient (Wildman–Crippen LogP) is 2.35. The van der Waals surface area contributed by atoms with Gasteiger partial charge in [0.15, 0.2) is 0 Å². The molecule has 0 saturated heterocycles. The molecule has 1 N–H and O–H groups in total. The molecule has 0 spiro atoms. The van der Waals surface area contributed by atoms with Crippen LogP contribution in [-0.4, -0.2) is 11.0 Å². The van der Waals surface area contributed by atoms with Crippen LogP contribution in [0.2, 0.25) is 0 Å². The lowest BCUT2D eigenvalue weighted by Gasteiger charge is -2.29. The van der Waals surface area contributed by atoms with E-state index in [4.69, 9.17) is 0 Å². The van der Waals surface area contributed by atoms with Gasteiger partial charge in [0, 0.05) is 23.2 Å². The van der Waals surface area contributed by atoms with Gasteiger partial charge in [-0.25, -0.2) is 0 Å². The van der Waals surface area contributed by atoms with Gasteiger partial charge in [0.25, 0.3) is 0 Å². The van der Waals surface area contributed by atoms with Gasteiger partial charge in [-0.1, -0.05) is 6.42 Å². The highest BCUT2D eigenvalue weighted by Crippen LogP contribution is 2.23. The van der Waals surface area contributed by atoms with E-state index in [0.717, 1.165) is 6.04 Å². The first-order chi connectivity index (χ1) is 5.86. The number of hydrogen-bond donors (Lipinski definition) is 1. The van der Waals surface area contributed by atoms with Crippen molar-refractivity contribution in [2.45, 2.75) is 38.3 Å². The zero-order valence-electron chi connectivity index (χ0n) is 7.29. The Morgan fingerprint density at radius 3 is 3.00 bits per heavy atom. The minimum Gasteiger partial charge on any atom is -0.307 e. The van der Waals surface area contributed by atoms with E-state index in [1.54, 1.807) is 11.3 Å². The van der Waals surface area contributed by atoms with Crippen molar-refractivity contribution in [3.8, 4) is 0 Å². The van der Waals surface area contributed by atoms with Gasteiger partial charge in [0.2, 0.25) is 0 Å². The monoisotopic (exact) mass is 182 g/mol. The summed E-state index contributed by atoms with van der Waals surface area (Å²) in [6, 6.07) is 1.25. The molecule has 0 radical (unpaired) electrons. The molecule has 1 aromatic heterocycles. The van der Waals surface area contributed by atoms with Gasteiger partial charge in [0.1, 0.15) is 0 Å². The number of thiazole rings is 1. The van der Waals surface area contributed by atoms with E-state index in [9.17, 15) is 0 Å². The van der Waals surface area contributed by atoms with E-state index in [2.05, 4.69) is 17.2 Å². The first-order valence-corrected chi connectivity index (χ1v) is 5.38. The zero-order chi connectivity index (χ0) is 8.39. The first-order valence-electron chi connectivity index (χ1n) is 4.50. The second kappa shape index (κ2) is 3.54. The van der Waals surface area contributed by atoms with Crippen LogP contribution in [0, 0.1) is 0 Å². The van der Waals surface area contributed by atoms with E-state index in [-0.39, 0.29) is 0 Å². The molecule has 2 nitrogen and oxygen atoms in total. The Hall–Kier alpha value is -0.410. The second-order valence-corrected chi connectivity index (χ2v) is 4.34. The van der Waals surface area contributed by atoms with Crippen LogP contribution >= 0.6 is 11.3 Å². The molecule has 1 aliphatic carbocycles. The van der Waals surface area contributed by atoms with Crippen molar-refractivity contribution in [2.75, 3.05) is 0 Å². The fraction of sp³-hybridized carbons (Fsp3) is 0.667. The molecule has 1 saturated carbocycles. The van der Waals surface area contributed by atoms with Gasteiger partial charge in [-0.15, -0.1) is 11.3 Å². The summed E-state index contributed by atoms with van der Waals surface area (Å²) in [5.74, 6) is 0. The SMILES string of the molecule is CC(NC1CCC1)c1cncs1. The summed E-state index contributed by atoms with van der Waals surface area (Å²) < 4.78 is 0. The summed E-state index contributed by atoms with van der Waals surface area (Å²) >= 11 is 1.73. The van der Waals surface area contributed by atoms with Gasteiger partial charge >= 0.3 is 0 Å². The molecule has 1 fully saturated rings. The van der Waals surface area contributed by atoms with Gasteiger partial charge in [-0.05, 0) is 19.8 Å². The Balaban J connectivity index is 1.87. The summed E-state index contributed by atoms with van der Waals surface area (Å²) in [5.41, 5.74) is 1.90. The number of aromatic nitrogens is 1. The molecular weight excluding hydrogens is 168 g/mol. The van der Waals surface area contributed by atoms with E-state index in [1.807, 2.05) is 11.7 Å². The Morgan fingerprint density at radius 2 is 2.50 bits per heavy atom. The Morgan fingerprint density at radius 1 is 1.67 bits per heavy atom. The third kappa shape index (κ3) is 1.67. The molecule has 0 amide bonds. The van der Waals surface area contributed by atoms with Crippen LogP contribution in [-0.2, 0) is 0 Å². The summed E-state index contributed by atoms with van der Waals surface area (Å²) in [6.07, 6.45) is 6.06. The quantitative estimate of drug-likeness (QED) is 0.776.